The number of ether oxygens (including phenoxy) is 2. The Hall–Kier alpha value is -2.65. The van der Waals surface area contributed by atoms with Crippen LogP contribution < -0.4 is 5.32 Å². The highest BCUT2D eigenvalue weighted by Gasteiger charge is 2.50. The third kappa shape index (κ3) is 3.31. The molecule has 3 unspecified atom stereocenters. The molecule has 0 saturated heterocycles. The predicted octanol–water partition coefficient (Wildman–Crippen LogP) is 5.05. The normalized spacial score (nSPS) is 21.7. The van der Waals surface area contributed by atoms with E-state index in [0.29, 0.717) is 11.3 Å². The number of fused-ring (bicyclic) bond motifs is 3. The van der Waals surface area contributed by atoms with Gasteiger partial charge in [0.25, 0.3) is 0 Å². The van der Waals surface area contributed by atoms with Crippen LogP contribution in [0.3, 0.4) is 0 Å². The molecule has 0 amide bonds. The van der Waals surface area contributed by atoms with Crippen LogP contribution >= 0.6 is 0 Å². The molecule has 1 N–H and O–H groups in total. The SMILES string of the molecule is COC1C(c2ccccc2)Nc2c(ccn3c(C)c(C)nc23)C1OC(F)(F)C(F)F. The molecule has 3 heterocycles. The van der Waals surface area contributed by atoms with Gasteiger partial charge in [0.1, 0.15) is 12.2 Å². The molecule has 0 fully saturated rings. The zero-order valence-corrected chi connectivity index (χ0v) is 16.6. The van der Waals surface area contributed by atoms with Crippen LogP contribution in [0.4, 0.5) is 23.2 Å². The minimum atomic E-state index is -4.63. The van der Waals surface area contributed by atoms with Gasteiger partial charge < -0.3 is 19.2 Å². The van der Waals surface area contributed by atoms with Crippen molar-refractivity contribution >= 4 is 11.3 Å². The van der Waals surface area contributed by atoms with Crippen molar-refractivity contribution in [3.8, 4) is 0 Å². The summed E-state index contributed by atoms with van der Waals surface area (Å²) in [4.78, 5) is 4.54. The number of alkyl halides is 4. The summed E-state index contributed by atoms with van der Waals surface area (Å²) < 4.78 is 65.9. The maximum Gasteiger partial charge on any atom is 0.417 e. The maximum absolute atomic E-state index is 14.0. The van der Waals surface area contributed by atoms with Crippen LogP contribution in [0.15, 0.2) is 42.6 Å². The monoisotopic (exact) mass is 423 g/mol. The standard InChI is InChI=1S/C21H21F4N3O2/c1-11-12(2)28-10-9-14-16(19(28)26-11)27-15(13-7-5-4-6-8-13)18(29-3)17(14)30-21(24,25)20(22)23/h4-10,15,17-18,20,27H,1-3H3. The Labute approximate surface area is 170 Å². The first kappa shape index (κ1) is 20.6. The van der Waals surface area contributed by atoms with Gasteiger partial charge in [-0.25, -0.2) is 13.8 Å². The highest BCUT2D eigenvalue weighted by Crippen LogP contribution is 2.47. The Balaban J connectivity index is 1.91. The van der Waals surface area contributed by atoms with E-state index in [2.05, 4.69) is 10.3 Å². The Morgan fingerprint density at radius 3 is 2.47 bits per heavy atom. The summed E-state index contributed by atoms with van der Waals surface area (Å²) in [6, 6.07) is 9.98. The average Bonchev–Trinajstić information content (AvgIpc) is 3.02. The van der Waals surface area contributed by atoms with Gasteiger partial charge in [-0.05, 0) is 25.5 Å². The van der Waals surface area contributed by atoms with Gasteiger partial charge in [0.15, 0.2) is 5.65 Å². The maximum atomic E-state index is 14.0. The minimum Gasteiger partial charge on any atom is -0.376 e. The highest BCUT2D eigenvalue weighted by atomic mass is 19.3. The molecule has 160 valence electrons. The molecular weight excluding hydrogens is 402 g/mol. The Bertz CT molecular complexity index is 1060. The predicted molar refractivity (Wildman–Crippen MR) is 103 cm³/mol. The second kappa shape index (κ2) is 7.55. The van der Waals surface area contributed by atoms with Gasteiger partial charge in [0, 0.05) is 24.6 Å². The summed E-state index contributed by atoms with van der Waals surface area (Å²) in [5.41, 5.74) is 3.64. The van der Waals surface area contributed by atoms with Gasteiger partial charge in [0.2, 0.25) is 0 Å². The van der Waals surface area contributed by atoms with E-state index >= 15 is 0 Å². The van der Waals surface area contributed by atoms with Crippen molar-refractivity contribution < 1.29 is 27.0 Å². The van der Waals surface area contributed by atoms with Crippen molar-refractivity contribution in [2.45, 2.75) is 44.6 Å². The smallest absolute Gasteiger partial charge is 0.376 e. The first-order valence-electron chi connectivity index (χ1n) is 9.40. The Morgan fingerprint density at radius 2 is 1.83 bits per heavy atom. The largest absolute Gasteiger partial charge is 0.417 e. The van der Waals surface area contributed by atoms with Crippen LogP contribution in [0, 0.1) is 13.8 Å². The van der Waals surface area contributed by atoms with E-state index in [4.69, 9.17) is 9.47 Å². The molecule has 1 aromatic carbocycles. The number of anilines is 1. The Kier molecular flexibility index (Phi) is 5.19. The second-order valence-corrected chi connectivity index (χ2v) is 7.26. The number of benzene rings is 1. The first-order valence-corrected chi connectivity index (χ1v) is 9.40. The summed E-state index contributed by atoms with van der Waals surface area (Å²) in [6.45, 7) is 3.72. The number of imidazole rings is 1. The van der Waals surface area contributed by atoms with Crippen LogP contribution in [-0.2, 0) is 9.47 Å². The number of hydrogen-bond acceptors (Lipinski definition) is 4. The van der Waals surface area contributed by atoms with Gasteiger partial charge in [-0.3, -0.25) is 0 Å². The van der Waals surface area contributed by atoms with Crippen LogP contribution in [0.2, 0.25) is 0 Å². The number of methoxy groups -OCH3 is 1. The first-order chi connectivity index (χ1) is 14.2. The number of rotatable bonds is 5. The van der Waals surface area contributed by atoms with Crippen molar-refractivity contribution in [2.75, 3.05) is 12.4 Å². The minimum absolute atomic E-state index is 0.284. The molecule has 0 radical (unpaired) electrons. The van der Waals surface area contributed by atoms with E-state index in [1.807, 2.05) is 24.3 Å². The molecular formula is C21H21F4N3O2. The fourth-order valence-electron chi connectivity index (χ4n) is 3.87. The van der Waals surface area contributed by atoms with Crippen molar-refractivity contribution in [1.82, 2.24) is 9.38 Å². The molecule has 0 spiro atoms. The Morgan fingerprint density at radius 1 is 1.13 bits per heavy atom. The van der Waals surface area contributed by atoms with E-state index in [1.165, 1.54) is 7.11 Å². The summed E-state index contributed by atoms with van der Waals surface area (Å²) >= 11 is 0. The molecule has 9 heteroatoms. The second-order valence-electron chi connectivity index (χ2n) is 7.26. The number of hydrogen-bond donors (Lipinski definition) is 1. The van der Waals surface area contributed by atoms with E-state index < -0.39 is 30.8 Å². The molecule has 30 heavy (non-hydrogen) atoms. The van der Waals surface area contributed by atoms with Crippen LogP contribution in [0.25, 0.3) is 5.65 Å². The number of halogens is 4. The lowest BCUT2D eigenvalue weighted by molar-refractivity contribution is -0.332. The van der Waals surface area contributed by atoms with Gasteiger partial charge in [0.05, 0.1) is 17.4 Å². The fraction of sp³-hybridized carbons (Fsp3) is 0.381. The molecule has 1 aliphatic heterocycles. The van der Waals surface area contributed by atoms with Gasteiger partial charge >= 0.3 is 12.5 Å². The number of aromatic nitrogens is 2. The summed E-state index contributed by atoms with van der Waals surface area (Å²) in [6.07, 6.45) is -9.36. The molecule has 5 nitrogen and oxygen atoms in total. The summed E-state index contributed by atoms with van der Waals surface area (Å²) in [7, 11) is 1.34. The van der Waals surface area contributed by atoms with Crippen LogP contribution in [0.5, 0.6) is 0 Å². The number of pyridine rings is 1. The van der Waals surface area contributed by atoms with E-state index in [9.17, 15) is 17.6 Å². The van der Waals surface area contributed by atoms with E-state index in [1.54, 1.807) is 36.5 Å². The lowest BCUT2D eigenvalue weighted by atomic mass is 9.88. The third-order valence-corrected chi connectivity index (χ3v) is 5.50. The van der Waals surface area contributed by atoms with Crippen LogP contribution in [0.1, 0.15) is 34.7 Å². The zero-order chi connectivity index (χ0) is 21.6. The molecule has 3 aromatic rings. The number of nitrogens with one attached hydrogen (secondary N) is 1. The molecule has 0 bridgehead atoms. The summed E-state index contributed by atoms with van der Waals surface area (Å²) in [5.74, 6) is 0. The fourth-order valence-corrected chi connectivity index (χ4v) is 3.87. The topological polar surface area (TPSA) is 47.8 Å². The molecule has 4 rings (SSSR count). The molecule has 0 aliphatic carbocycles. The number of nitrogens with zero attached hydrogens (tertiary/aromatic N) is 2. The number of aryl methyl sites for hydroxylation is 2. The summed E-state index contributed by atoms with van der Waals surface area (Å²) in [5, 5.41) is 3.32. The van der Waals surface area contributed by atoms with E-state index in [-0.39, 0.29) is 5.56 Å². The average molecular weight is 423 g/mol. The molecule has 0 saturated carbocycles. The molecule has 2 aromatic heterocycles. The molecule has 1 aliphatic rings. The van der Waals surface area contributed by atoms with Gasteiger partial charge in [-0.1, -0.05) is 30.3 Å². The lowest BCUT2D eigenvalue weighted by Gasteiger charge is -2.40. The lowest BCUT2D eigenvalue weighted by Crippen LogP contribution is -2.43. The quantitative estimate of drug-likeness (QED) is 0.584. The molecule has 3 atom stereocenters. The van der Waals surface area contributed by atoms with Gasteiger partial charge in [-0.15, -0.1) is 0 Å². The van der Waals surface area contributed by atoms with Crippen molar-refractivity contribution in [2.24, 2.45) is 0 Å². The third-order valence-electron chi connectivity index (χ3n) is 5.50. The highest BCUT2D eigenvalue weighted by molar-refractivity contribution is 5.75. The van der Waals surface area contributed by atoms with E-state index in [0.717, 1.165) is 17.0 Å². The van der Waals surface area contributed by atoms with Crippen molar-refractivity contribution in [1.29, 1.82) is 0 Å². The van der Waals surface area contributed by atoms with Gasteiger partial charge in [-0.2, -0.15) is 8.78 Å². The zero-order valence-electron chi connectivity index (χ0n) is 16.6. The van der Waals surface area contributed by atoms with Crippen LogP contribution in [-0.4, -0.2) is 35.1 Å². The van der Waals surface area contributed by atoms with Crippen molar-refractivity contribution in [3.05, 3.63) is 65.1 Å². The van der Waals surface area contributed by atoms with Crippen molar-refractivity contribution in [3.63, 3.8) is 0 Å².